The van der Waals surface area contributed by atoms with Gasteiger partial charge in [0.05, 0.1) is 6.54 Å². The fourth-order valence-corrected chi connectivity index (χ4v) is 3.79. The van der Waals surface area contributed by atoms with Crippen LogP contribution in [0.1, 0.15) is 30.4 Å². The molecule has 1 N–H and O–H groups in total. The molecule has 0 bridgehead atoms. The van der Waals surface area contributed by atoms with Crippen molar-refractivity contribution in [2.75, 3.05) is 46.5 Å². The van der Waals surface area contributed by atoms with Crippen LogP contribution >= 0.6 is 0 Å². The number of carbonyl (C=O) groups excluding carboxylic acids is 1. The predicted molar refractivity (Wildman–Crippen MR) is 104 cm³/mol. The molecule has 0 radical (unpaired) electrons. The van der Waals surface area contributed by atoms with Crippen molar-refractivity contribution < 1.29 is 19.4 Å². The first kappa shape index (κ1) is 20.1. The Morgan fingerprint density at radius 3 is 2.63 bits per heavy atom. The first-order chi connectivity index (χ1) is 12.9. The van der Waals surface area contributed by atoms with Gasteiger partial charge in [0.25, 0.3) is 0 Å². The Balaban J connectivity index is 1.72. The summed E-state index contributed by atoms with van der Waals surface area (Å²) in [5.74, 6) is 0.665. The minimum atomic E-state index is -1.10. The monoisotopic (exact) mass is 376 g/mol. The van der Waals surface area contributed by atoms with Crippen LogP contribution in [0, 0.1) is 13.8 Å². The number of hydrogen-bond donors (Lipinski definition) is 1. The molecule has 6 heteroatoms. The number of methoxy groups -OCH3 is 1. The van der Waals surface area contributed by atoms with Gasteiger partial charge in [0.2, 0.25) is 5.91 Å². The lowest BCUT2D eigenvalue weighted by molar-refractivity contribution is -0.138. The zero-order valence-corrected chi connectivity index (χ0v) is 16.7. The molecular formula is C21H32N2O4. The molecule has 1 atom stereocenters. The van der Waals surface area contributed by atoms with Crippen molar-refractivity contribution in [2.45, 2.75) is 44.8 Å². The van der Waals surface area contributed by atoms with Gasteiger partial charge >= 0.3 is 0 Å². The van der Waals surface area contributed by atoms with Crippen molar-refractivity contribution in [3.05, 3.63) is 29.3 Å². The molecule has 1 saturated heterocycles. The van der Waals surface area contributed by atoms with E-state index in [0.29, 0.717) is 19.1 Å². The van der Waals surface area contributed by atoms with E-state index in [1.54, 1.807) is 4.90 Å². The summed E-state index contributed by atoms with van der Waals surface area (Å²) in [6.07, 6.45) is 3.57. The number of aryl methyl sites for hydroxylation is 2. The standard InChI is InChI=1S/C21H32N2O4/c1-16-7-8-19(11-17(16)2)27-15-21(25)13-22(18-5-4-6-18)9-10-23(14-21)20(24)12-26-3/h7-8,11,18,25H,4-6,9-10,12-15H2,1-3H3. The third-order valence-corrected chi connectivity index (χ3v) is 5.84. The van der Waals surface area contributed by atoms with Crippen LogP contribution in [-0.2, 0) is 9.53 Å². The molecule has 0 spiro atoms. The van der Waals surface area contributed by atoms with E-state index in [2.05, 4.69) is 11.8 Å². The van der Waals surface area contributed by atoms with E-state index in [9.17, 15) is 9.90 Å². The highest BCUT2D eigenvalue weighted by Crippen LogP contribution is 2.28. The highest BCUT2D eigenvalue weighted by Gasteiger charge is 2.40. The Labute approximate surface area is 162 Å². The molecule has 2 aliphatic rings. The normalized spacial score (nSPS) is 24.4. The fraction of sp³-hybridized carbons (Fsp3) is 0.667. The predicted octanol–water partition coefficient (Wildman–Crippen LogP) is 1.76. The second kappa shape index (κ2) is 8.59. The molecule has 6 nitrogen and oxygen atoms in total. The van der Waals surface area contributed by atoms with Gasteiger partial charge in [-0.15, -0.1) is 0 Å². The van der Waals surface area contributed by atoms with E-state index in [0.717, 1.165) is 17.9 Å². The van der Waals surface area contributed by atoms with Gasteiger partial charge in [-0.1, -0.05) is 12.5 Å². The van der Waals surface area contributed by atoms with Gasteiger partial charge in [-0.25, -0.2) is 0 Å². The summed E-state index contributed by atoms with van der Waals surface area (Å²) in [6, 6.07) is 6.46. The number of β-amino-alcohol motifs (C(OH)–C–C–N with tert-alkyl or cyclic N) is 1. The van der Waals surface area contributed by atoms with Crippen molar-refractivity contribution in [1.82, 2.24) is 9.80 Å². The van der Waals surface area contributed by atoms with Crippen LogP contribution in [0.5, 0.6) is 5.75 Å². The van der Waals surface area contributed by atoms with E-state index >= 15 is 0 Å². The molecule has 1 unspecified atom stereocenters. The number of hydrogen-bond acceptors (Lipinski definition) is 5. The largest absolute Gasteiger partial charge is 0.490 e. The first-order valence-electron chi connectivity index (χ1n) is 9.83. The molecular weight excluding hydrogens is 344 g/mol. The molecule has 1 saturated carbocycles. The molecule has 150 valence electrons. The van der Waals surface area contributed by atoms with E-state index in [4.69, 9.17) is 9.47 Å². The highest BCUT2D eigenvalue weighted by atomic mass is 16.5. The first-order valence-corrected chi connectivity index (χ1v) is 9.83. The Bertz CT molecular complexity index is 662. The van der Waals surface area contributed by atoms with E-state index in [-0.39, 0.29) is 25.7 Å². The van der Waals surface area contributed by atoms with E-state index in [1.165, 1.54) is 31.9 Å². The summed E-state index contributed by atoms with van der Waals surface area (Å²) in [4.78, 5) is 16.4. The Hall–Kier alpha value is -1.63. The summed E-state index contributed by atoms with van der Waals surface area (Å²) in [7, 11) is 1.52. The zero-order chi connectivity index (χ0) is 19.4. The second-order valence-corrected chi connectivity index (χ2v) is 8.06. The van der Waals surface area contributed by atoms with Gasteiger partial charge < -0.3 is 19.5 Å². The van der Waals surface area contributed by atoms with Gasteiger partial charge in [-0.05, 0) is 49.9 Å². The van der Waals surface area contributed by atoms with E-state index in [1.807, 2.05) is 25.1 Å². The van der Waals surface area contributed by atoms with Crippen LogP contribution in [0.15, 0.2) is 18.2 Å². The summed E-state index contributed by atoms with van der Waals surface area (Å²) < 4.78 is 11.0. The number of ether oxygens (including phenoxy) is 2. The number of rotatable bonds is 6. The lowest BCUT2D eigenvalue weighted by Crippen LogP contribution is -2.54. The Morgan fingerprint density at radius 1 is 1.22 bits per heavy atom. The quantitative estimate of drug-likeness (QED) is 0.820. The third kappa shape index (κ3) is 5.00. The van der Waals surface area contributed by atoms with Crippen molar-refractivity contribution in [1.29, 1.82) is 0 Å². The molecule has 0 aromatic heterocycles. The molecule has 1 aromatic carbocycles. The molecule has 1 amide bonds. The van der Waals surface area contributed by atoms with Gasteiger partial charge in [0.15, 0.2) is 0 Å². The Morgan fingerprint density at radius 2 is 2.00 bits per heavy atom. The van der Waals surface area contributed by atoms with Gasteiger partial charge in [-0.2, -0.15) is 0 Å². The average molecular weight is 376 g/mol. The number of aliphatic hydroxyl groups is 1. The maximum absolute atomic E-state index is 12.4. The van der Waals surface area contributed by atoms with Gasteiger partial charge in [0, 0.05) is 32.8 Å². The SMILES string of the molecule is COCC(=O)N1CCN(C2CCC2)CC(O)(COc2ccc(C)c(C)c2)C1. The molecule has 1 aromatic rings. The number of benzene rings is 1. The average Bonchev–Trinajstić information content (AvgIpc) is 2.74. The van der Waals surface area contributed by atoms with Crippen LogP contribution in [0.4, 0.5) is 0 Å². The lowest BCUT2D eigenvalue weighted by Gasteiger charge is -2.40. The molecule has 1 heterocycles. The fourth-order valence-electron chi connectivity index (χ4n) is 3.79. The third-order valence-electron chi connectivity index (χ3n) is 5.84. The van der Waals surface area contributed by atoms with Crippen LogP contribution in [0.25, 0.3) is 0 Å². The second-order valence-electron chi connectivity index (χ2n) is 8.06. The van der Waals surface area contributed by atoms with Crippen molar-refractivity contribution in [2.24, 2.45) is 0 Å². The lowest BCUT2D eigenvalue weighted by atomic mass is 9.90. The Kier molecular flexibility index (Phi) is 6.40. The molecule has 2 fully saturated rings. The summed E-state index contributed by atoms with van der Waals surface area (Å²) >= 11 is 0. The summed E-state index contributed by atoms with van der Waals surface area (Å²) in [5, 5.41) is 11.4. The smallest absolute Gasteiger partial charge is 0.248 e. The maximum atomic E-state index is 12.4. The summed E-state index contributed by atoms with van der Waals surface area (Å²) in [5.41, 5.74) is 1.27. The highest BCUT2D eigenvalue weighted by molar-refractivity contribution is 5.77. The van der Waals surface area contributed by atoms with Crippen LogP contribution in [-0.4, -0.2) is 79.0 Å². The van der Waals surface area contributed by atoms with Crippen LogP contribution in [0.2, 0.25) is 0 Å². The van der Waals surface area contributed by atoms with Crippen LogP contribution < -0.4 is 4.74 Å². The van der Waals surface area contributed by atoms with Crippen molar-refractivity contribution in [3.8, 4) is 5.75 Å². The van der Waals surface area contributed by atoms with Crippen molar-refractivity contribution >= 4 is 5.91 Å². The van der Waals surface area contributed by atoms with E-state index < -0.39 is 5.60 Å². The number of carbonyl (C=O) groups is 1. The molecule has 1 aliphatic heterocycles. The summed E-state index contributed by atoms with van der Waals surface area (Å²) in [6.45, 7) is 6.51. The van der Waals surface area contributed by atoms with Crippen LogP contribution in [0.3, 0.4) is 0 Å². The van der Waals surface area contributed by atoms with Crippen molar-refractivity contribution in [3.63, 3.8) is 0 Å². The molecule has 1 aliphatic carbocycles. The minimum Gasteiger partial charge on any atom is -0.490 e. The molecule has 27 heavy (non-hydrogen) atoms. The topological polar surface area (TPSA) is 62.2 Å². The zero-order valence-electron chi connectivity index (χ0n) is 16.7. The van der Waals surface area contributed by atoms with Gasteiger partial charge in [0.1, 0.15) is 24.6 Å². The maximum Gasteiger partial charge on any atom is 0.248 e. The minimum absolute atomic E-state index is 0.0392. The van der Waals surface area contributed by atoms with Gasteiger partial charge in [-0.3, -0.25) is 9.69 Å². The number of amides is 1. The molecule has 3 rings (SSSR count). The number of nitrogens with zero attached hydrogens (tertiary/aromatic N) is 2.